The number of sulfonamides is 1. The van der Waals surface area contributed by atoms with Crippen molar-refractivity contribution in [3.63, 3.8) is 0 Å². The van der Waals surface area contributed by atoms with Crippen LogP contribution >= 0.6 is 11.6 Å². The number of carbonyl (C=O) groups excluding carboxylic acids is 2. The molecule has 1 aliphatic carbocycles. The predicted octanol–water partition coefficient (Wildman–Crippen LogP) is 2.35. The molecular weight excluding hydrogens is 476 g/mol. The number of likely N-dealkylation sites (tertiary alicyclic amines) is 1. The maximum absolute atomic E-state index is 13.1. The summed E-state index contributed by atoms with van der Waals surface area (Å²) in [5.74, 6) is 0.0494. The normalized spacial score (nSPS) is 19.6. The minimum atomic E-state index is -3.92. The Hall–Kier alpha value is -2.20. The Bertz CT molecular complexity index is 1180. The average molecular weight is 507 g/mol. The summed E-state index contributed by atoms with van der Waals surface area (Å²) in [4.78, 5) is 29.6. The number of hydrogen-bond donors (Lipinski definition) is 2. The Morgan fingerprint density at radius 2 is 1.91 bits per heavy atom. The number of nitrogens with zero attached hydrogens (tertiary/aromatic N) is 2. The molecule has 2 aliphatic rings. The van der Waals surface area contributed by atoms with Crippen LogP contribution in [-0.2, 0) is 19.6 Å². The molecule has 1 aliphatic heterocycles. The summed E-state index contributed by atoms with van der Waals surface area (Å²) >= 11 is 6.01. The highest BCUT2D eigenvalue weighted by Crippen LogP contribution is 2.30. The van der Waals surface area contributed by atoms with Gasteiger partial charge in [-0.2, -0.15) is 4.72 Å². The molecule has 0 radical (unpaired) electrons. The molecule has 0 unspecified atom stereocenters. The van der Waals surface area contributed by atoms with E-state index in [1.165, 1.54) is 11.0 Å². The molecular formula is C24H31ClN4O4S. The lowest BCUT2D eigenvalue weighted by Crippen LogP contribution is -2.51. The number of nitrogens with one attached hydrogen (secondary N) is 1. The average Bonchev–Trinajstić information content (AvgIpc) is 3.57. The largest absolute Gasteiger partial charge is 0.341 e. The summed E-state index contributed by atoms with van der Waals surface area (Å²) in [7, 11) is -3.92. The molecule has 2 atom stereocenters. The van der Waals surface area contributed by atoms with Crippen molar-refractivity contribution in [1.29, 1.82) is 0 Å². The topological polar surface area (TPSA) is 113 Å². The zero-order chi connectivity index (χ0) is 24.5. The summed E-state index contributed by atoms with van der Waals surface area (Å²) in [6.07, 6.45) is 3.26. The van der Waals surface area contributed by atoms with E-state index in [1.54, 1.807) is 42.2 Å². The second-order valence-electron chi connectivity index (χ2n) is 9.19. The molecule has 2 aromatic rings. The van der Waals surface area contributed by atoms with Crippen LogP contribution in [0.1, 0.15) is 32.6 Å². The quantitative estimate of drug-likeness (QED) is 0.513. The third-order valence-corrected chi connectivity index (χ3v) is 8.27. The lowest BCUT2D eigenvalue weighted by Gasteiger charge is -2.30. The maximum atomic E-state index is 13.1. The van der Waals surface area contributed by atoms with Gasteiger partial charge in [0.25, 0.3) is 0 Å². The van der Waals surface area contributed by atoms with E-state index in [-0.39, 0.29) is 16.7 Å². The summed E-state index contributed by atoms with van der Waals surface area (Å²) < 4.78 is 28.6. The van der Waals surface area contributed by atoms with Crippen molar-refractivity contribution in [2.75, 3.05) is 26.2 Å². The standard InChI is InChI=1S/C24H31ClN4O4S/c1-16(23(30)28(11-2-10-26)15-17-3-4-17)29-12-9-22(24(29)31)27-34(32,33)21-8-6-18-13-20(25)7-5-19(18)14-21/h5-8,13-14,16-17,22,27H,2-4,9-12,15,26H2,1H3/t16-,22-/m0/s1. The highest BCUT2D eigenvalue weighted by molar-refractivity contribution is 7.89. The molecule has 0 spiro atoms. The van der Waals surface area contributed by atoms with E-state index in [9.17, 15) is 18.0 Å². The Balaban J connectivity index is 1.43. The van der Waals surface area contributed by atoms with Crippen molar-refractivity contribution in [3.8, 4) is 0 Å². The van der Waals surface area contributed by atoms with E-state index in [1.807, 2.05) is 0 Å². The summed E-state index contributed by atoms with van der Waals surface area (Å²) in [5.41, 5.74) is 5.63. The van der Waals surface area contributed by atoms with Gasteiger partial charge in [-0.05, 0) is 80.1 Å². The van der Waals surface area contributed by atoms with Crippen LogP contribution in [-0.4, -0.2) is 68.3 Å². The number of fused-ring (bicyclic) bond motifs is 1. The molecule has 0 aromatic heterocycles. The molecule has 2 aromatic carbocycles. The summed E-state index contributed by atoms with van der Waals surface area (Å²) in [5, 5.41) is 2.13. The fraction of sp³-hybridized carbons (Fsp3) is 0.500. The van der Waals surface area contributed by atoms with Gasteiger partial charge >= 0.3 is 0 Å². The van der Waals surface area contributed by atoms with Gasteiger partial charge in [0.15, 0.2) is 0 Å². The molecule has 1 saturated carbocycles. The van der Waals surface area contributed by atoms with Crippen molar-refractivity contribution in [3.05, 3.63) is 41.4 Å². The number of rotatable bonds is 10. The van der Waals surface area contributed by atoms with Crippen molar-refractivity contribution in [2.45, 2.75) is 49.6 Å². The highest BCUT2D eigenvalue weighted by atomic mass is 35.5. The van der Waals surface area contributed by atoms with Crippen molar-refractivity contribution >= 4 is 44.2 Å². The van der Waals surface area contributed by atoms with Gasteiger partial charge < -0.3 is 15.5 Å². The van der Waals surface area contributed by atoms with Gasteiger partial charge in [-0.3, -0.25) is 9.59 Å². The summed E-state index contributed by atoms with van der Waals surface area (Å²) in [6, 6.07) is 8.41. The van der Waals surface area contributed by atoms with Crippen LogP contribution in [0.2, 0.25) is 5.02 Å². The summed E-state index contributed by atoms with van der Waals surface area (Å²) in [6.45, 7) is 3.80. The third-order valence-electron chi connectivity index (χ3n) is 6.57. The van der Waals surface area contributed by atoms with Crippen LogP contribution in [0, 0.1) is 5.92 Å². The predicted molar refractivity (Wildman–Crippen MR) is 132 cm³/mol. The van der Waals surface area contributed by atoms with Gasteiger partial charge in [-0.1, -0.05) is 23.7 Å². The smallest absolute Gasteiger partial charge is 0.245 e. The number of halogens is 1. The fourth-order valence-corrected chi connectivity index (χ4v) is 5.84. The van der Waals surface area contributed by atoms with Crippen LogP contribution in [0.25, 0.3) is 10.8 Å². The number of nitrogens with two attached hydrogens (primary N) is 1. The molecule has 4 rings (SSSR count). The minimum absolute atomic E-state index is 0.0788. The van der Waals surface area contributed by atoms with Crippen LogP contribution in [0.5, 0.6) is 0 Å². The van der Waals surface area contributed by atoms with Crippen LogP contribution in [0.15, 0.2) is 41.3 Å². The fourth-order valence-electron chi connectivity index (χ4n) is 4.40. The monoisotopic (exact) mass is 506 g/mol. The van der Waals surface area contributed by atoms with Gasteiger partial charge in [0.2, 0.25) is 21.8 Å². The highest BCUT2D eigenvalue weighted by Gasteiger charge is 2.40. The molecule has 8 nitrogen and oxygen atoms in total. The third kappa shape index (κ3) is 5.54. The second-order valence-corrected chi connectivity index (χ2v) is 11.3. The number of benzene rings is 2. The zero-order valence-corrected chi connectivity index (χ0v) is 20.8. The first-order chi connectivity index (χ1) is 16.2. The Kier molecular flexibility index (Phi) is 7.47. The van der Waals surface area contributed by atoms with E-state index < -0.39 is 22.1 Å². The number of amides is 2. The molecule has 3 N–H and O–H groups in total. The molecule has 34 heavy (non-hydrogen) atoms. The zero-order valence-electron chi connectivity index (χ0n) is 19.2. The molecule has 2 fully saturated rings. The first-order valence-corrected chi connectivity index (χ1v) is 13.6. The van der Waals surface area contributed by atoms with Gasteiger partial charge in [0.05, 0.1) is 4.90 Å². The van der Waals surface area contributed by atoms with Gasteiger partial charge in [0.1, 0.15) is 12.1 Å². The number of hydrogen-bond acceptors (Lipinski definition) is 5. The first-order valence-electron chi connectivity index (χ1n) is 11.7. The van der Waals surface area contributed by atoms with Crippen LogP contribution < -0.4 is 10.5 Å². The lowest BCUT2D eigenvalue weighted by atomic mass is 10.1. The lowest BCUT2D eigenvalue weighted by molar-refractivity contribution is -0.143. The Morgan fingerprint density at radius 3 is 2.62 bits per heavy atom. The molecule has 1 saturated heterocycles. The van der Waals surface area contributed by atoms with Crippen molar-refractivity contribution in [2.24, 2.45) is 11.7 Å². The van der Waals surface area contributed by atoms with Gasteiger partial charge in [-0.25, -0.2) is 8.42 Å². The van der Waals surface area contributed by atoms with Crippen LogP contribution in [0.3, 0.4) is 0 Å². The van der Waals surface area contributed by atoms with Gasteiger partial charge in [0, 0.05) is 24.7 Å². The first kappa shape index (κ1) is 24.9. The van der Waals surface area contributed by atoms with E-state index >= 15 is 0 Å². The molecule has 1 heterocycles. The second kappa shape index (κ2) is 10.2. The molecule has 0 bridgehead atoms. The van der Waals surface area contributed by atoms with Crippen molar-refractivity contribution < 1.29 is 18.0 Å². The van der Waals surface area contributed by atoms with E-state index in [0.29, 0.717) is 50.0 Å². The van der Waals surface area contributed by atoms with E-state index in [4.69, 9.17) is 17.3 Å². The maximum Gasteiger partial charge on any atom is 0.245 e. The van der Waals surface area contributed by atoms with Crippen molar-refractivity contribution in [1.82, 2.24) is 14.5 Å². The molecule has 184 valence electrons. The minimum Gasteiger partial charge on any atom is -0.341 e. The van der Waals surface area contributed by atoms with E-state index in [0.717, 1.165) is 23.6 Å². The van der Waals surface area contributed by atoms with E-state index in [2.05, 4.69) is 4.72 Å². The van der Waals surface area contributed by atoms with Crippen LogP contribution in [0.4, 0.5) is 0 Å². The SMILES string of the molecule is C[C@@H](C(=O)N(CCCN)CC1CC1)N1CC[C@H](NS(=O)(=O)c2ccc3cc(Cl)ccc3c2)C1=O. The molecule has 2 amide bonds. The number of carbonyl (C=O) groups is 2. The van der Waals surface area contributed by atoms with Gasteiger partial charge in [-0.15, -0.1) is 0 Å². The Labute approximate surface area is 205 Å². The Morgan fingerprint density at radius 1 is 1.21 bits per heavy atom. The molecule has 10 heteroatoms.